The maximum absolute atomic E-state index is 4.75. The third-order valence-corrected chi connectivity index (χ3v) is 6.11. The smallest absolute Gasteiger partial charge is 0.203 e. The Morgan fingerprint density at radius 1 is 1.10 bits per heavy atom. The molecule has 2 fully saturated rings. The number of rotatable bonds is 3. The van der Waals surface area contributed by atoms with E-state index in [1.165, 1.54) is 32.1 Å². The number of nitrogens with one attached hydrogen (secondary N) is 1. The average molecular weight is 275 g/mol. The topological polar surface area (TPSA) is 29.9 Å². The Bertz CT molecular complexity index is 478. The van der Waals surface area contributed by atoms with Gasteiger partial charge in [0.1, 0.15) is 0 Å². The van der Waals surface area contributed by atoms with Gasteiger partial charge < -0.3 is 9.88 Å². The largest absolute Gasteiger partial charge is 0.352 e. The quantitative estimate of drug-likeness (QED) is 0.877. The highest BCUT2D eigenvalue weighted by molar-refractivity contribution is 5.39. The Morgan fingerprint density at radius 3 is 2.25 bits per heavy atom. The third-order valence-electron chi connectivity index (χ3n) is 6.11. The summed E-state index contributed by atoms with van der Waals surface area (Å²) in [5, 5.41) is 3.73. The van der Waals surface area contributed by atoms with Gasteiger partial charge in [0.25, 0.3) is 0 Å². The Balaban J connectivity index is 1.80. The predicted octanol–water partition coefficient (Wildman–Crippen LogP) is 4.54. The van der Waals surface area contributed by atoms with Crippen LogP contribution in [0.2, 0.25) is 0 Å². The SMILES string of the molecule is Cc1cn(C2CCCCC2)c(NC2C(C)(C)C2(C)C)n1. The van der Waals surface area contributed by atoms with Gasteiger partial charge in [-0.3, -0.25) is 0 Å². The van der Waals surface area contributed by atoms with Crippen LogP contribution < -0.4 is 5.32 Å². The van der Waals surface area contributed by atoms with Crippen molar-refractivity contribution in [3.05, 3.63) is 11.9 Å². The van der Waals surface area contributed by atoms with E-state index in [0.717, 1.165) is 11.6 Å². The van der Waals surface area contributed by atoms with E-state index < -0.39 is 0 Å². The molecule has 3 rings (SSSR count). The van der Waals surface area contributed by atoms with Gasteiger partial charge in [-0.25, -0.2) is 4.98 Å². The van der Waals surface area contributed by atoms with E-state index in [1.807, 2.05) is 0 Å². The monoisotopic (exact) mass is 275 g/mol. The summed E-state index contributed by atoms with van der Waals surface area (Å²) < 4.78 is 2.42. The van der Waals surface area contributed by atoms with Gasteiger partial charge in [-0.1, -0.05) is 47.0 Å². The Labute approximate surface area is 123 Å². The zero-order valence-corrected chi connectivity index (χ0v) is 13.7. The van der Waals surface area contributed by atoms with Crippen molar-refractivity contribution in [1.29, 1.82) is 0 Å². The summed E-state index contributed by atoms with van der Waals surface area (Å²) in [6.45, 7) is 11.5. The van der Waals surface area contributed by atoms with Crippen LogP contribution in [0.5, 0.6) is 0 Å². The molecule has 1 aromatic rings. The second kappa shape index (κ2) is 4.51. The summed E-state index contributed by atoms with van der Waals surface area (Å²) in [5.74, 6) is 1.10. The van der Waals surface area contributed by atoms with E-state index >= 15 is 0 Å². The number of hydrogen-bond donors (Lipinski definition) is 1. The van der Waals surface area contributed by atoms with Crippen molar-refractivity contribution >= 4 is 5.95 Å². The van der Waals surface area contributed by atoms with Gasteiger partial charge in [-0.05, 0) is 30.6 Å². The van der Waals surface area contributed by atoms with Crippen molar-refractivity contribution in [3.8, 4) is 0 Å². The van der Waals surface area contributed by atoms with E-state index in [4.69, 9.17) is 4.98 Å². The maximum Gasteiger partial charge on any atom is 0.203 e. The molecule has 0 amide bonds. The Hall–Kier alpha value is -0.990. The standard InChI is InChI=1S/C17H29N3/c1-12-11-20(13-9-7-6-8-10-13)15(18-12)19-14-16(2,3)17(14,4)5/h11,13-14H,6-10H2,1-5H3,(H,18,19). The number of aromatic nitrogens is 2. The lowest BCUT2D eigenvalue weighted by atomic mass is 9.95. The summed E-state index contributed by atoms with van der Waals surface area (Å²) in [5.41, 5.74) is 1.84. The molecule has 3 heteroatoms. The fourth-order valence-corrected chi connectivity index (χ4v) is 3.95. The lowest BCUT2D eigenvalue weighted by Gasteiger charge is -2.25. The van der Waals surface area contributed by atoms with Gasteiger partial charge in [0, 0.05) is 18.3 Å². The normalized spacial score (nSPS) is 25.6. The zero-order chi connectivity index (χ0) is 14.5. The number of nitrogens with zero attached hydrogens (tertiary/aromatic N) is 2. The summed E-state index contributed by atoms with van der Waals surface area (Å²) in [6.07, 6.45) is 8.98. The fourth-order valence-electron chi connectivity index (χ4n) is 3.95. The lowest BCUT2D eigenvalue weighted by Crippen LogP contribution is -2.19. The molecule has 0 unspecified atom stereocenters. The van der Waals surface area contributed by atoms with Crippen LogP contribution in [-0.4, -0.2) is 15.6 Å². The van der Waals surface area contributed by atoms with Crippen molar-refractivity contribution in [2.45, 2.75) is 78.8 Å². The molecule has 1 aromatic heterocycles. The Morgan fingerprint density at radius 2 is 1.70 bits per heavy atom. The number of aryl methyl sites for hydroxylation is 1. The van der Waals surface area contributed by atoms with Crippen LogP contribution in [0.1, 0.15) is 71.5 Å². The minimum atomic E-state index is 0.351. The Kier molecular flexibility index (Phi) is 3.15. The summed E-state index contributed by atoms with van der Waals surface area (Å²) >= 11 is 0. The van der Waals surface area contributed by atoms with Crippen LogP contribution in [0.15, 0.2) is 6.20 Å². The molecule has 1 N–H and O–H groups in total. The predicted molar refractivity (Wildman–Crippen MR) is 84.1 cm³/mol. The molecule has 0 radical (unpaired) electrons. The molecule has 3 nitrogen and oxygen atoms in total. The zero-order valence-electron chi connectivity index (χ0n) is 13.7. The summed E-state index contributed by atoms with van der Waals surface area (Å²) in [7, 11) is 0. The van der Waals surface area contributed by atoms with E-state index in [9.17, 15) is 0 Å². The van der Waals surface area contributed by atoms with Crippen LogP contribution >= 0.6 is 0 Å². The average Bonchev–Trinajstić information content (AvgIpc) is 2.71. The molecule has 0 saturated heterocycles. The van der Waals surface area contributed by atoms with Crippen LogP contribution in [0.4, 0.5) is 5.95 Å². The van der Waals surface area contributed by atoms with Crippen molar-refractivity contribution < 1.29 is 0 Å². The second-order valence-corrected chi connectivity index (χ2v) is 7.93. The lowest BCUT2D eigenvalue weighted by molar-refractivity contribution is 0.355. The highest BCUT2D eigenvalue weighted by Gasteiger charge is 2.65. The maximum atomic E-state index is 4.75. The van der Waals surface area contributed by atoms with Crippen molar-refractivity contribution in [3.63, 3.8) is 0 Å². The van der Waals surface area contributed by atoms with Gasteiger partial charge in [0.05, 0.1) is 5.69 Å². The van der Waals surface area contributed by atoms with Crippen LogP contribution in [0, 0.1) is 17.8 Å². The van der Waals surface area contributed by atoms with Crippen molar-refractivity contribution in [2.75, 3.05) is 5.32 Å². The first-order valence-electron chi connectivity index (χ1n) is 8.16. The van der Waals surface area contributed by atoms with E-state index in [1.54, 1.807) is 0 Å². The molecule has 20 heavy (non-hydrogen) atoms. The molecule has 0 spiro atoms. The van der Waals surface area contributed by atoms with Crippen molar-refractivity contribution in [1.82, 2.24) is 9.55 Å². The molecule has 2 aliphatic rings. The molecule has 0 atom stereocenters. The van der Waals surface area contributed by atoms with E-state index in [-0.39, 0.29) is 0 Å². The molecule has 2 aliphatic carbocycles. The first-order chi connectivity index (χ1) is 9.34. The van der Waals surface area contributed by atoms with Gasteiger partial charge >= 0.3 is 0 Å². The van der Waals surface area contributed by atoms with Crippen LogP contribution in [-0.2, 0) is 0 Å². The fraction of sp³-hybridized carbons (Fsp3) is 0.824. The first-order valence-corrected chi connectivity index (χ1v) is 8.16. The first kappa shape index (κ1) is 14.0. The number of hydrogen-bond acceptors (Lipinski definition) is 2. The molecule has 112 valence electrons. The van der Waals surface area contributed by atoms with Gasteiger partial charge in [-0.2, -0.15) is 0 Å². The summed E-state index contributed by atoms with van der Waals surface area (Å²) in [4.78, 5) is 4.75. The molecule has 0 bridgehead atoms. The molecular formula is C17H29N3. The molecule has 2 saturated carbocycles. The molecule has 1 heterocycles. The van der Waals surface area contributed by atoms with Crippen molar-refractivity contribution in [2.24, 2.45) is 10.8 Å². The molecule has 0 aliphatic heterocycles. The highest BCUT2D eigenvalue weighted by Crippen LogP contribution is 2.63. The highest BCUT2D eigenvalue weighted by atomic mass is 15.3. The van der Waals surface area contributed by atoms with Gasteiger partial charge in [0.2, 0.25) is 5.95 Å². The number of anilines is 1. The molecule has 0 aromatic carbocycles. The minimum absolute atomic E-state index is 0.351. The minimum Gasteiger partial charge on any atom is -0.352 e. The molecular weight excluding hydrogens is 246 g/mol. The third kappa shape index (κ3) is 2.06. The van der Waals surface area contributed by atoms with Gasteiger partial charge in [0.15, 0.2) is 0 Å². The summed E-state index contributed by atoms with van der Waals surface area (Å²) in [6, 6.07) is 1.18. The second-order valence-electron chi connectivity index (χ2n) is 7.93. The van der Waals surface area contributed by atoms with Gasteiger partial charge in [-0.15, -0.1) is 0 Å². The van der Waals surface area contributed by atoms with E-state index in [0.29, 0.717) is 22.9 Å². The number of imidazole rings is 1. The van der Waals surface area contributed by atoms with E-state index in [2.05, 4.69) is 50.7 Å². The van der Waals surface area contributed by atoms with Crippen LogP contribution in [0.3, 0.4) is 0 Å². The van der Waals surface area contributed by atoms with Crippen LogP contribution in [0.25, 0.3) is 0 Å².